The average molecular weight is 284 g/mol. The van der Waals surface area contributed by atoms with Crippen molar-refractivity contribution in [2.75, 3.05) is 18.1 Å². The summed E-state index contributed by atoms with van der Waals surface area (Å²) in [6, 6.07) is 0. The number of halogens is 1. The van der Waals surface area contributed by atoms with Gasteiger partial charge in [-0.3, -0.25) is 4.57 Å². The van der Waals surface area contributed by atoms with Gasteiger partial charge in [0.2, 0.25) is 5.28 Å². The third kappa shape index (κ3) is 1.98. The summed E-state index contributed by atoms with van der Waals surface area (Å²) in [7, 11) is 1.68. The number of fused-ring (bicyclic) bond motifs is 1. The first-order valence-corrected chi connectivity index (χ1v) is 6.49. The van der Waals surface area contributed by atoms with Crippen LogP contribution in [0.4, 0.5) is 0 Å². The third-order valence-corrected chi connectivity index (χ3v) is 3.66. The van der Waals surface area contributed by atoms with Crippen LogP contribution in [0.15, 0.2) is 11.0 Å². The monoisotopic (exact) mass is 283 g/mol. The summed E-state index contributed by atoms with van der Waals surface area (Å²) < 4.78 is 3.02. The standard InChI is InChI=1S/C11H14ClN5O2/c1-15-8-6-13-10(12)14-9(8)17(11(15)19)16-4-2-7(18)3-5-16/h6-7,18H,2-5H2,1H3. The fourth-order valence-electron chi connectivity index (χ4n) is 2.38. The maximum atomic E-state index is 12.3. The van der Waals surface area contributed by atoms with Crippen molar-refractivity contribution >= 4 is 22.8 Å². The van der Waals surface area contributed by atoms with Gasteiger partial charge in [0.15, 0.2) is 5.65 Å². The number of rotatable bonds is 1. The highest BCUT2D eigenvalue weighted by atomic mass is 35.5. The van der Waals surface area contributed by atoms with Crippen LogP contribution in [0.5, 0.6) is 0 Å². The summed E-state index contributed by atoms with van der Waals surface area (Å²) in [4.78, 5) is 20.3. The molecule has 0 saturated carbocycles. The van der Waals surface area contributed by atoms with Crippen LogP contribution < -0.4 is 10.7 Å². The molecule has 2 aromatic rings. The summed E-state index contributed by atoms with van der Waals surface area (Å²) in [5, 5.41) is 11.5. The number of piperidine rings is 1. The number of aryl methyl sites for hydroxylation is 1. The maximum absolute atomic E-state index is 12.3. The van der Waals surface area contributed by atoms with Crippen LogP contribution in [0, 0.1) is 0 Å². The van der Waals surface area contributed by atoms with Gasteiger partial charge in [-0.15, -0.1) is 0 Å². The summed E-state index contributed by atoms with van der Waals surface area (Å²) in [5.74, 6) is 0. The molecule has 1 fully saturated rings. The van der Waals surface area contributed by atoms with Crippen LogP contribution in [-0.2, 0) is 7.05 Å². The Hall–Kier alpha value is -1.60. The molecule has 0 aromatic carbocycles. The third-order valence-electron chi connectivity index (χ3n) is 3.47. The largest absolute Gasteiger partial charge is 0.393 e. The van der Waals surface area contributed by atoms with Crippen molar-refractivity contribution in [2.24, 2.45) is 7.05 Å². The Balaban J connectivity index is 2.15. The molecule has 102 valence electrons. The van der Waals surface area contributed by atoms with E-state index in [9.17, 15) is 9.90 Å². The van der Waals surface area contributed by atoms with Gasteiger partial charge in [0.05, 0.1) is 12.3 Å². The minimum Gasteiger partial charge on any atom is -0.393 e. The van der Waals surface area contributed by atoms with Gasteiger partial charge in [-0.1, -0.05) is 0 Å². The second-order valence-corrected chi connectivity index (χ2v) is 5.02. The van der Waals surface area contributed by atoms with E-state index in [1.54, 1.807) is 13.2 Å². The molecule has 1 aliphatic rings. The predicted octanol–water partition coefficient (Wildman–Crippen LogP) is -0.124. The number of aliphatic hydroxyl groups excluding tert-OH is 1. The smallest absolute Gasteiger partial charge is 0.349 e. The highest BCUT2D eigenvalue weighted by molar-refractivity contribution is 6.28. The second-order valence-electron chi connectivity index (χ2n) is 4.69. The number of hydrogen-bond acceptors (Lipinski definition) is 5. The molecule has 0 spiro atoms. The van der Waals surface area contributed by atoms with Gasteiger partial charge in [-0.2, -0.15) is 9.66 Å². The Morgan fingerprint density at radius 3 is 2.79 bits per heavy atom. The topological polar surface area (TPSA) is 76.2 Å². The lowest BCUT2D eigenvalue weighted by Crippen LogP contribution is -2.48. The number of aromatic nitrogens is 4. The average Bonchev–Trinajstić information content (AvgIpc) is 2.63. The number of imidazole rings is 1. The van der Waals surface area contributed by atoms with Crippen molar-refractivity contribution in [1.29, 1.82) is 0 Å². The van der Waals surface area contributed by atoms with E-state index in [2.05, 4.69) is 9.97 Å². The highest BCUT2D eigenvalue weighted by Gasteiger charge is 2.22. The number of aliphatic hydroxyl groups is 1. The Bertz CT molecular complexity index is 672. The molecule has 2 aromatic heterocycles. The van der Waals surface area contributed by atoms with Crippen molar-refractivity contribution in [1.82, 2.24) is 19.2 Å². The lowest BCUT2D eigenvalue weighted by atomic mass is 10.1. The Morgan fingerprint density at radius 1 is 1.42 bits per heavy atom. The number of nitrogens with zero attached hydrogens (tertiary/aromatic N) is 5. The summed E-state index contributed by atoms with van der Waals surface area (Å²) in [6.07, 6.45) is 2.53. The van der Waals surface area contributed by atoms with Crippen LogP contribution >= 0.6 is 11.6 Å². The van der Waals surface area contributed by atoms with Crippen LogP contribution in [0.2, 0.25) is 5.28 Å². The van der Waals surface area contributed by atoms with E-state index in [4.69, 9.17) is 11.6 Å². The molecule has 0 amide bonds. The molecule has 8 heteroatoms. The molecule has 7 nitrogen and oxygen atoms in total. The molecule has 0 aliphatic carbocycles. The molecule has 19 heavy (non-hydrogen) atoms. The van der Waals surface area contributed by atoms with Gasteiger partial charge in [-0.25, -0.2) is 9.78 Å². The molecule has 1 saturated heterocycles. The lowest BCUT2D eigenvalue weighted by Gasteiger charge is -2.31. The van der Waals surface area contributed by atoms with Crippen LogP contribution in [0.1, 0.15) is 12.8 Å². The molecular weight excluding hydrogens is 270 g/mol. The molecular formula is C11H14ClN5O2. The van der Waals surface area contributed by atoms with Crippen LogP contribution in [0.3, 0.4) is 0 Å². The van der Waals surface area contributed by atoms with Crippen molar-refractivity contribution < 1.29 is 5.11 Å². The minimum atomic E-state index is -0.292. The summed E-state index contributed by atoms with van der Waals surface area (Å²) >= 11 is 5.81. The normalized spacial score (nSPS) is 17.3. The predicted molar refractivity (Wildman–Crippen MR) is 71.0 cm³/mol. The molecule has 3 heterocycles. The zero-order valence-corrected chi connectivity index (χ0v) is 11.2. The van der Waals surface area contributed by atoms with Crippen molar-refractivity contribution in [3.63, 3.8) is 0 Å². The van der Waals surface area contributed by atoms with E-state index in [1.165, 1.54) is 9.24 Å². The van der Waals surface area contributed by atoms with Crippen molar-refractivity contribution in [3.8, 4) is 0 Å². The van der Waals surface area contributed by atoms with Gasteiger partial charge in [0, 0.05) is 20.1 Å². The van der Waals surface area contributed by atoms with E-state index in [0.717, 1.165) is 0 Å². The van der Waals surface area contributed by atoms with E-state index < -0.39 is 0 Å². The maximum Gasteiger partial charge on any atom is 0.349 e. The molecule has 0 radical (unpaired) electrons. The van der Waals surface area contributed by atoms with Crippen LogP contribution in [-0.4, -0.2) is 43.5 Å². The van der Waals surface area contributed by atoms with Gasteiger partial charge in [0.25, 0.3) is 0 Å². The first kappa shape index (κ1) is 12.4. The molecule has 0 unspecified atom stereocenters. The Kier molecular flexibility index (Phi) is 2.94. The van der Waals surface area contributed by atoms with Gasteiger partial charge < -0.3 is 10.1 Å². The molecule has 0 bridgehead atoms. The van der Waals surface area contributed by atoms with E-state index in [1.807, 2.05) is 5.01 Å². The minimum absolute atomic E-state index is 0.115. The molecule has 1 aliphatic heterocycles. The fourth-order valence-corrected chi connectivity index (χ4v) is 2.51. The zero-order valence-electron chi connectivity index (χ0n) is 10.5. The first-order chi connectivity index (χ1) is 9.08. The lowest BCUT2D eigenvalue weighted by molar-refractivity contribution is 0.138. The molecule has 0 atom stereocenters. The zero-order chi connectivity index (χ0) is 13.6. The van der Waals surface area contributed by atoms with Crippen LogP contribution in [0.25, 0.3) is 11.2 Å². The molecule has 1 N–H and O–H groups in total. The van der Waals surface area contributed by atoms with E-state index >= 15 is 0 Å². The SMILES string of the molecule is Cn1c(=O)n(N2CCC(O)CC2)c2nc(Cl)ncc21. The Morgan fingerprint density at radius 2 is 2.11 bits per heavy atom. The second kappa shape index (κ2) is 4.50. The van der Waals surface area contributed by atoms with E-state index in [0.29, 0.717) is 37.1 Å². The van der Waals surface area contributed by atoms with Crippen molar-refractivity contribution in [3.05, 3.63) is 22.0 Å². The first-order valence-electron chi connectivity index (χ1n) is 6.11. The summed E-state index contributed by atoms with van der Waals surface area (Å²) in [5.41, 5.74) is 0.965. The fraction of sp³-hybridized carbons (Fsp3) is 0.545. The quantitative estimate of drug-likeness (QED) is 0.738. The van der Waals surface area contributed by atoms with Gasteiger partial charge >= 0.3 is 5.69 Å². The van der Waals surface area contributed by atoms with Gasteiger partial charge in [0.1, 0.15) is 5.52 Å². The van der Waals surface area contributed by atoms with Gasteiger partial charge in [-0.05, 0) is 24.4 Å². The summed E-state index contributed by atoms with van der Waals surface area (Å²) in [6.45, 7) is 1.23. The van der Waals surface area contributed by atoms with Crippen molar-refractivity contribution in [2.45, 2.75) is 18.9 Å². The Labute approximate surface area is 114 Å². The van der Waals surface area contributed by atoms with E-state index in [-0.39, 0.29) is 17.1 Å². The number of hydrogen-bond donors (Lipinski definition) is 1. The highest BCUT2D eigenvalue weighted by Crippen LogP contribution is 2.15. The molecule has 3 rings (SSSR count).